The van der Waals surface area contributed by atoms with Crippen molar-refractivity contribution in [1.29, 1.82) is 0 Å². The number of esters is 1. The molecule has 5 nitrogen and oxygen atoms in total. The third kappa shape index (κ3) is 3.58. The Morgan fingerprint density at radius 1 is 1.30 bits per heavy atom. The van der Waals surface area contributed by atoms with Gasteiger partial charge in [0, 0.05) is 0 Å². The second kappa shape index (κ2) is 7.17. The molecule has 0 saturated heterocycles. The van der Waals surface area contributed by atoms with Gasteiger partial charge in [0.05, 0.1) is 12.0 Å². The van der Waals surface area contributed by atoms with Crippen LogP contribution in [0.1, 0.15) is 48.2 Å². The summed E-state index contributed by atoms with van der Waals surface area (Å²) in [6, 6.07) is 3.59. The Balaban J connectivity index is 1.87. The molecule has 1 saturated carbocycles. The summed E-state index contributed by atoms with van der Waals surface area (Å²) >= 11 is 1.42. The van der Waals surface area contributed by atoms with Crippen molar-refractivity contribution in [2.24, 2.45) is 0 Å². The predicted octanol–water partition coefficient (Wildman–Crippen LogP) is 4.26. The van der Waals surface area contributed by atoms with E-state index in [4.69, 9.17) is 9.15 Å². The summed E-state index contributed by atoms with van der Waals surface area (Å²) in [6.07, 6.45) is 8.87. The average Bonchev–Trinajstić information content (AvgIpc) is 3.09. The van der Waals surface area contributed by atoms with Crippen LogP contribution in [-0.4, -0.2) is 28.3 Å². The largest absolute Gasteiger partial charge is 0.461 e. The molecular formula is C17H20N2O3S. The quantitative estimate of drug-likeness (QED) is 0.473. The molecule has 0 atom stereocenters. The summed E-state index contributed by atoms with van der Waals surface area (Å²) in [4.78, 5) is 21.5. The van der Waals surface area contributed by atoms with Gasteiger partial charge in [-0.2, -0.15) is 0 Å². The van der Waals surface area contributed by atoms with Gasteiger partial charge < -0.3 is 9.15 Å². The zero-order valence-electron chi connectivity index (χ0n) is 13.4. The predicted molar refractivity (Wildman–Crippen MR) is 88.5 cm³/mol. The first-order valence-corrected chi connectivity index (χ1v) is 9.09. The molecule has 2 heterocycles. The molecule has 0 aliphatic heterocycles. The minimum atomic E-state index is -0.315. The monoisotopic (exact) mass is 332 g/mol. The first kappa shape index (κ1) is 16.1. The van der Waals surface area contributed by atoms with Crippen LogP contribution in [0.4, 0.5) is 0 Å². The number of thioether (sulfide) groups is 1. The van der Waals surface area contributed by atoms with Crippen LogP contribution in [0, 0.1) is 6.92 Å². The van der Waals surface area contributed by atoms with Crippen molar-refractivity contribution >= 4 is 17.7 Å². The molecule has 0 unspecified atom stereocenters. The molecule has 0 bridgehead atoms. The molecule has 2 aromatic heterocycles. The SMILES string of the molecule is CSc1nc(-c2ccco2)nc(C)c1C(=O)OC1CCCCC1. The van der Waals surface area contributed by atoms with Gasteiger partial charge in [-0.25, -0.2) is 14.8 Å². The van der Waals surface area contributed by atoms with Gasteiger partial charge in [-0.3, -0.25) is 0 Å². The van der Waals surface area contributed by atoms with E-state index in [1.165, 1.54) is 18.2 Å². The van der Waals surface area contributed by atoms with E-state index in [9.17, 15) is 4.79 Å². The summed E-state index contributed by atoms with van der Waals surface area (Å²) in [5.74, 6) is 0.770. The van der Waals surface area contributed by atoms with Crippen LogP contribution in [0.3, 0.4) is 0 Å². The number of carbonyl (C=O) groups excluding carboxylic acids is 1. The molecule has 1 aliphatic rings. The zero-order chi connectivity index (χ0) is 16.2. The Hall–Kier alpha value is -1.82. The first-order valence-electron chi connectivity index (χ1n) is 7.86. The van der Waals surface area contributed by atoms with E-state index < -0.39 is 0 Å². The van der Waals surface area contributed by atoms with Gasteiger partial charge in [0.2, 0.25) is 0 Å². The second-order valence-electron chi connectivity index (χ2n) is 5.66. The normalized spacial score (nSPS) is 15.6. The number of ether oxygens (including phenoxy) is 1. The summed E-state index contributed by atoms with van der Waals surface area (Å²) < 4.78 is 11.0. The number of nitrogens with zero attached hydrogens (tertiary/aromatic N) is 2. The Labute approximate surface area is 139 Å². The van der Waals surface area contributed by atoms with Crippen LogP contribution in [-0.2, 0) is 4.74 Å². The molecular weight excluding hydrogens is 312 g/mol. The molecule has 0 spiro atoms. The summed E-state index contributed by atoms with van der Waals surface area (Å²) in [7, 11) is 0. The van der Waals surface area contributed by atoms with E-state index in [-0.39, 0.29) is 12.1 Å². The number of aromatic nitrogens is 2. The lowest BCUT2D eigenvalue weighted by molar-refractivity contribution is 0.0205. The fourth-order valence-corrected chi connectivity index (χ4v) is 3.45. The minimum absolute atomic E-state index is 0.0232. The van der Waals surface area contributed by atoms with Crippen molar-refractivity contribution < 1.29 is 13.9 Å². The molecule has 3 rings (SSSR count). The van der Waals surface area contributed by atoms with Crippen LogP contribution in [0.25, 0.3) is 11.6 Å². The number of furan rings is 1. The molecule has 6 heteroatoms. The fraction of sp³-hybridized carbons (Fsp3) is 0.471. The smallest absolute Gasteiger partial charge is 0.343 e. The van der Waals surface area contributed by atoms with Crippen molar-refractivity contribution in [2.45, 2.75) is 50.2 Å². The Kier molecular flexibility index (Phi) is 5.00. The zero-order valence-corrected chi connectivity index (χ0v) is 14.2. The van der Waals surface area contributed by atoms with E-state index in [1.54, 1.807) is 18.4 Å². The lowest BCUT2D eigenvalue weighted by Gasteiger charge is -2.22. The van der Waals surface area contributed by atoms with Crippen LogP contribution in [0.15, 0.2) is 27.8 Å². The highest BCUT2D eigenvalue weighted by Crippen LogP contribution is 2.27. The number of aryl methyl sites for hydroxylation is 1. The molecule has 23 heavy (non-hydrogen) atoms. The van der Waals surface area contributed by atoms with E-state index in [0.29, 0.717) is 27.9 Å². The Morgan fingerprint density at radius 3 is 2.74 bits per heavy atom. The van der Waals surface area contributed by atoms with Gasteiger partial charge in [-0.05, 0) is 51.0 Å². The molecule has 2 aromatic rings. The third-order valence-electron chi connectivity index (χ3n) is 4.02. The maximum Gasteiger partial charge on any atom is 0.343 e. The topological polar surface area (TPSA) is 65.2 Å². The minimum Gasteiger partial charge on any atom is -0.461 e. The highest BCUT2D eigenvalue weighted by atomic mass is 32.2. The van der Waals surface area contributed by atoms with E-state index in [0.717, 1.165) is 25.7 Å². The van der Waals surface area contributed by atoms with Gasteiger partial charge in [-0.1, -0.05) is 6.42 Å². The van der Waals surface area contributed by atoms with Crippen molar-refractivity contribution in [3.05, 3.63) is 29.7 Å². The van der Waals surface area contributed by atoms with Gasteiger partial charge in [0.1, 0.15) is 16.7 Å². The van der Waals surface area contributed by atoms with E-state index in [2.05, 4.69) is 9.97 Å². The average molecular weight is 332 g/mol. The summed E-state index contributed by atoms with van der Waals surface area (Å²) in [5.41, 5.74) is 1.09. The molecule has 0 N–H and O–H groups in total. The van der Waals surface area contributed by atoms with Crippen LogP contribution in [0.5, 0.6) is 0 Å². The highest BCUT2D eigenvalue weighted by Gasteiger charge is 2.24. The van der Waals surface area contributed by atoms with Crippen LogP contribution >= 0.6 is 11.8 Å². The van der Waals surface area contributed by atoms with Crippen LogP contribution < -0.4 is 0 Å². The maximum atomic E-state index is 12.6. The fourth-order valence-electron chi connectivity index (χ4n) is 2.84. The Morgan fingerprint density at radius 2 is 2.09 bits per heavy atom. The lowest BCUT2D eigenvalue weighted by Crippen LogP contribution is -2.22. The third-order valence-corrected chi connectivity index (χ3v) is 4.70. The van der Waals surface area contributed by atoms with Gasteiger partial charge in [0.25, 0.3) is 0 Å². The molecule has 0 radical (unpaired) electrons. The lowest BCUT2D eigenvalue weighted by atomic mass is 9.98. The van der Waals surface area contributed by atoms with Gasteiger partial charge >= 0.3 is 5.97 Å². The number of rotatable bonds is 4. The van der Waals surface area contributed by atoms with Gasteiger partial charge in [0.15, 0.2) is 11.6 Å². The van der Waals surface area contributed by atoms with Gasteiger partial charge in [-0.15, -0.1) is 11.8 Å². The summed E-state index contributed by atoms with van der Waals surface area (Å²) in [5, 5.41) is 0.629. The maximum absolute atomic E-state index is 12.6. The van der Waals surface area contributed by atoms with Crippen molar-refractivity contribution in [3.63, 3.8) is 0 Å². The summed E-state index contributed by atoms with van der Waals surface area (Å²) in [6.45, 7) is 1.81. The second-order valence-corrected chi connectivity index (χ2v) is 6.45. The van der Waals surface area contributed by atoms with E-state index >= 15 is 0 Å². The molecule has 0 aromatic carbocycles. The van der Waals surface area contributed by atoms with E-state index in [1.807, 2.05) is 13.2 Å². The number of carbonyl (C=O) groups is 1. The number of hydrogen-bond donors (Lipinski definition) is 0. The van der Waals surface area contributed by atoms with Crippen molar-refractivity contribution in [3.8, 4) is 11.6 Å². The van der Waals surface area contributed by atoms with Crippen molar-refractivity contribution in [2.75, 3.05) is 6.26 Å². The molecule has 122 valence electrons. The van der Waals surface area contributed by atoms with Crippen LogP contribution in [0.2, 0.25) is 0 Å². The standard InChI is InChI=1S/C17H20N2O3S/c1-11-14(17(20)22-12-7-4-3-5-8-12)16(23-2)19-15(18-11)13-9-6-10-21-13/h6,9-10,12H,3-5,7-8H2,1-2H3. The molecule has 0 amide bonds. The number of hydrogen-bond acceptors (Lipinski definition) is 6. The molecule has 1 fully saturated rings. The highest BCUT2D eigenvalue weighted by molar-refractivity contribution is 7.98. The Bertz CT molecular complexity index is 679. The van der Waals surface area contributed by atoms with Crippen molar-refractivity contribution in [1.82, 2.24) is 9.97 Å². The molecule has 1 aliphatic carbocycles. The first-order chi connectivity index (χ1) is 11.2.